The molecule has 1 aliphatic heterocycles. The Kier molecular flexibility index (Phi) is 7.12. The van der Waals surface area contributed by atoms with Crippen molar-refractivity contribution >= 4 is 28.4 Å². The molecule has 6 nitrogen and oxygen atoms in total. The minimum Gasteiger partial charge on any atom is -0.379 e. The second-order valence-electron chi connectivity index (χ2n) is 8.27. The monoisotopic (exact) mass is 431 g/mol. The number of rotatable bonds is 8. The Labute approximate surface area is 188 Å². The predicted octanol–water partition coefficient (Wildman–Crippen LogP) is 3.89. The largest absolute Gasteiger partial charge is 0.379 e. The van der Waals surface area contributed by atoms with Gasteiger partial charge in [0.05, 0.1) is 24.8 Å². The van der Waals surface area contributed by atoms with Crippen LogP contribution in [0.5, 0.6) is 0 Å². The van der Waals surface area contributed by atoms with Gasteiger partial charge in [-0.15, -0.1) is 0 Å². The Balaban J connectivity index is 1.29. The number of benzene rings is 2. The number of hydrogen-bond donors (Lipinski definition) is 2. The van der Waals surface area contributed by atoms with Gasteiger partial charge < -0.3 is 15.4 Å². The summed E-state index contributed by atoms with van der Waals surface area (Å²) in [4.78, 5) is 29.2. The number of para-hydroxylation sites is 1. The van der Waals surface area contributed by atoms with Gasteiger partial charge in [-0.3, -0.25) is 14.6 Å². The van der Waals surface area contributed by atoms with Gasteiger partial charge in [0.15, 0.2) is 0 Å². The first-order valence-electron chi connectivity index (χ1n) is 11.2. The van der Waals surface area contributed by atoms with Crippen molar-refractivity contribution in [2.75, 3.05) is 18.5 Å². The minimum atomic E-state index is -0.157. The number of nitrogens with zero attached hydrogens (tertiary/aromatic N) is 1. The van der Waals surface area contributed by atoms with Gasteiger partial charge in [-0.2, -0.15) is 0 Å². The van der Waals surface area contributed by atoms with Crippen molar-refractivity contribution in [3.63, 3.8) is 0 Å². The molecule has 0 radical (unpaired) electrons. The van der Waals surface area contributed by atoms with E-state index < -0.39 is 0 Å². The first-order valence-corrected chi connectivity index (χ1v) is 11.2. The topological polar surface area (TPSA) is 80.3 Å². The van der Waals surface area contributed by atoms with Gasteiger partial charge in [-0.1, -0.05) is 37.3 Å². The second-order valence-corrected chi connectivity index (χ2v) is 8.27. The smallest absolute Gasteiger partial charge is 0.224 e. The van der Waals surface area contributed by atoms with Crippen LogP contribution in [-0.2, 0) is 27.2 Å². The molecule has 166 valence electrons. The van der Waals surface area contributed by atoms with E-state index in [1.165, 1.54) is 5.56 Å². The van der Waals surface area contributed by atoms with E-state index in [1.807, 2.05) is 54.7 Å². The first kappa shape index (κ1) is 22.0. The fourth-order valence-corrected chi connectivity index (χ4v) is 4.17. The van der Waals surface area contributed by atoms with Crippen molar-refractivity contribution in [1.29, 1.82) is 0 Å². The quantitative estimate of drug-likeness (QED) is 0.567. The second kappa shape index (κ2) is 10.4. The molecule has 0 bridgehead atoms. The molecule has 0 saturated carbocycles. The summed E-state index contributed by atoms with van der Waals surface area (Å²) < 4.78 is 5.67. The molecule has 0 spiro atoms. The normalized spacial score (nSPS) is 17.9. The highest BCUT2D eigenvalue weighted by molar-refractivity contribution is 5.93. The Morgan fingerprint density at radius 3 is 2.75 bits per heavy atom. The van der Waals surface area contributed by atoms with Crippen LogP contribution in [0.2, 0.25) is 0 Å². The average molecular weight is 432 g/mol. The predicted molar refractivity (Wildman–Crippen MR) is 125 cm³/mol. The van der Waals surface area contributed by atoms with Crippen molar-refractivity contribution in [3.05, 3.63) is 71.9 Å². The number of ether oxygens (including phenoxy) is 1. The van der Waals surface area contributed by atoms with Gasteiger partial charge in [0.1, 0.15) is 0 Å². The van der Waals surface area contributed by atoms with E-state index in [4.69, 9.17) is 4.74 Å². The number of pyridine rings is 1. The minimum absolute atomic E-state index is 0.0567. The summed E-state index contributed by atoms with van der Waals surface area (Å²) in [6, 6.07) is 17.8. The molecule has 2 aromatic carbocycles. The highest BCUT2D eigenvalue weighted by Gasteiger charge is 2.30. The number of anilines is 1. The summed E-state index contributed by atoms with van der Waals surface area (Å²) in [5.41, 5.74) is 4.11. The van der Waals surface area contributed by atoms with Crippen LogP contribution in [-0.4, -0.2) is 36.1 Å². The zero-order chi connectivity index (χ0) is 22.3. The van der Waals surface area contributed by atoms with Crippen molar-refractivity contribution in [2.45, 2.75) is 38.6 Å². The van der Waals surface area contributed by atoms with Gasteiger partial charge in [0.2, 0.25) is 11.8 Å². The lowest BCUT2D eigenvalue weighted by Crippen LogP contribution is -2.40. The van der Waals surface area contributed by atoms with Gasteiger partial charge in [0.25, 0.3) is 0 Å². The molecule has 2 heterocycles. The van der Waals surface area contributed by atoms with Crippen LogP contribution < -0.4 is 10.6 Å². The zero-order valence-corrected chi connectivity index (χ0v) is 18.3. The van der Waals surface area contributed by atoms with Crippen LogP contribution in [0.3, 0.4) is 0 Å². The molecule has 32 heavy (non-hydrogen) atoms. The number of aryl methyl sites for hydroxylation is 1. The third kappa shape index (κ3) is 5.51. The van der Waals surface area contributed by atoms with E-state index in [9.17, 15) is 9.59 Å². The molecule has 1 aromatic heterocycles. The number of amides is 2. The van der Waals surface area contributed by atoms with Crippen LogP contribution in [0.4, 0.5) is 5.69 Å². The van der Waals surface area contributed by atoms with Crippen LogP contribution >= 0.6 is 0 Å². The van der Waals surface area contributed by atoms with Crippen molar-refractivity contribution in [2.24, 2.45) is 5.92 Å². The average Bonchev–Trinajstić information content (AvgIpc) is 3.24. The summed E-state index contributed by atoms with van der Waals surface area (Å²) >= 11 is 0. The Morgan fingerprint density at radius 1 is 1.03 bits per heavy atom. The number of carbonyl (C=O) groups is 2. The van der Waals surface area contributed by atoms with E-state index in [-0.39, 0.29) is 36.6 Å². The lowest BCUT2D eigenvalue weighted by molar-refractivity contribution is -0.125. The Hall–Kier alpha value is -3.25. The molecule has 4 rings (SSSR count). The maximum atomic E-state index is 12.5. The van der Waals surface area contributed by atoms with Gasteiger partial charge in [-0.25, -0.2) is 0 Å². The molecule has 0 aliphatic carbocycles. The van der Waals surface area contributed by atoms with Crippen LogP contribution in [0.25, 0.3) is 10.9 Å². The Morgan fingerprint density at radius 2 is 1.88 bits per heavy atom. The summed E-state index contributed by atoms with van der Waals surface area (Å²) in [6.07, 6.45) is 3.85. The van der Waals surface area contributed by atoms with Gasteiger partial charge in [-0.05, 0) is 48.2 Å². The summed E-state index contributed by atoms with van der Waals surface area (Å²) in [5.74, 6) is -0.0891. The fourth-order valence-electron chi connectivity index (χ4n) is 4.17. The van der Waals surface area contributed by atoms with E-state index >= 15 is 0 Å². The molecule has 2 amide bonds. The van der Waals surface area contributed by atoms with Gasteiger partial charge in [0, 0.05) is 36.0 Å². The van der Waals surface area contributed by atoms with E-state index in [1.54, 1.807) is 0 Å². The fraction of sp³-hybridized carbons (Fsp3) is 0.346. The maximum Gasteiger partial charge on any atom is 0.224 e. The van der Waals surface area contributed by atoms with Crippen molar-refractivity contribution in [1.82, 2.24) is 10.3 Å². The van der Waals surface area contributed by atoms with Crippen molar-refractivity contribution in [3.8, 4) is 0 Å². The number of aromatic nitrogens is 1. The van der Waals surface area contributed by atoms with E-state index in [0.717, 1.165) is 35.0 Å². The van der Waals surface area contributed by atoms with Crippen LogP contribution in [0, 0.1) is 5.92 Å². The Bertz CT molecular complexity index is 1090. The summed E-state index contributed by atoms with van der Waals surface area (Å²) in [6.45, 7) is 3.17. The highest BCUT2D eigenvalue weighted by Crippen LogP contribution is 2.24. The standard InChI is InChI=1S/C26H29N3O3/c1-2-18-6-5-7-21(14-18)28-25(30)10-11-26(31)29-24-17-32-16-20(24)15-19-12-13-27-23-9-4-3-8-22(19)23/h3-9,12-14,20,24H,2,10-11,15-17H2,1H3,(H,28,30)(H,29,31)/t20-,24+/m1/s1. The first-order chi connectivity index (χ1) is 15.6. The van der Waals surface area contributed by atoms with Crippen LogP contribution in [0.15, 0.2) is 60.8 Å². The van der Waals surface area contributed by atoms with E-state index in [0.29, 0.717) is 13.2 Å². The van der Waals surface area contributed by atoms with Crippen LogP contribution in [0.1, 0.15) is 30.9 Å². The number of carbonyl (C=O) groups excluding carboxylic acids is 2. The number of fused-ring (bicyclic) bond motifs is 1. The number of hydrogen-bond acceptors (Lipinski definition) is 4. The van der Waals surface area contributed by atoms with Crippen molar-refractivity contribution < 1.29 is 14.3 Å². The lowest BCUT2D eigenvalue weighted by atomic mass is 9.93. The molecule has 2 atom stereocenters. The maximum absolute atomic E-state index is 12.5. The molecular weight excluding hydrogens is 402 g/mol. The van der Waals surface area contributed by atoms with E-state index in [2.05, 4.69) is 28.6 Å². The lowest BCUT2D eigenvalue weighted by Gasteiger charge is -2.20. The molecule has 3 aromatic rings. The molecule has 0 unspecified atom stereocenters. The number of nitrogens with one attached hydrogen (secondary N) is 2. The molecular formula is C26H29N3O3. The zero-order valence-electron chi connectivity index (χ0n) is 18.3. The molecule has 1 saturated heterocycles. The molecule has 6 heteroatoms. The highest BCUT2D eigenvalue weighted by atomic mass is 16.5. The molecule has 2 N–H and O–H groups in total. The summed E-state index contributed by atoms with van der Waals surface area (Å²) in [7, 11) is 0. The third-order valence-electron chi connectivity index (χ3n) is 5.96. The van der Waals surface area contributed by atoms with Gasteiger partial charge >= 0.3 is 0 Å². The molecule has 1 aliphatic rings. The molecule has 1 fully saturated rings. The third-order valence-corrected chi connectivity index (χ3v) is 5.96. The SMILES string of the molecule is CCc1cccc(NC(=O)CCC(=O)N[C@H]2COC[C@H]2Cc2ccnc3ccccc23)c1. The summed E-state index contributed by atoms with van der Waals surface area (Å²) in [5, 5.41) is 7.08.